The zero-order valence-electron chi connectivity index (χ0n) is 15.8. The lowest BCUT2D eigenvalue weighted by Gasteiger charge is -2.38. The standard InChI is InChI=1S/C21H24Cl2N2OS/c1-13-6-16(9-25-10-17(11-25)21(26)24-3)7-14(2)20(13)27-12-15-4-5-18(22)19(23)8-15/h4-8,17H,9-12H2,1-3H3,(H,24,26). The highest BCUT2D eigenvalue weighted by molar-refractivity contribution is 7.98. The van der Waals surface area contributed by atoms with Gasteiger partial charge in [-0.3, -0.25) is 9.69 Å². The molecule has 1 aliphatic rings. The van der Waals surface area contributed by atoms with Crippen molar-refractivity contribution in [1.82, 2.24) is 10.2 Å². The first-order chi connectivity index (χ1) is 12.9. The quantitative estimate of drug-likeness (QED) is 0.658. The third kappa shape index (κ3) is 5.00. The summed E-state index contributed by atoms with van der Waals surface area (Å²) in [5.74, 6) is 1.14. The lowest BCUT2D eigenvalue weighted by atomic mass is 9.97. The van der Waals surface area contributed by atoms with Crippen molar-refractivity contribution >= 4 is 40.9 Å². The first kappa shape index (κ1) is 20.5. The van der Waals surface area contributed by atoms with Gasteiger partial charge in [-0.15, -0.1) is 11.8 Å². The van der Waals surface area contributed by atoms with Crippen LogP contribution in [-0.4, -0.2) is 30.9 Å². The number of likely N-dealkylation sites (tertiary alicyclic amines) is 1. The highest BCUT2D eigenvalue weighted by atomic mass is 35.5. The number of nitrogens with one attached hydrogen (secondary N) is 1. The van der Waals surface area contributed by atoms with E-state index in [4.69, 9.17) is 23.2 Å². The lowest BCUT2D eigenvalue weighted by Crippen LogP contribution is -2.52. The molecule has 0 aromatic heterocycles. The number of hydrogen-bond donors (Lipinski definition) is 1. The van der Waals surface area contributed by atoms with Crippen LogP contribution >= 0.6 is 35.0 Å². The zero-order valence-corrected chi connectivity index (χ0v) is 18.1. The Balaban J connectivity index is 1.61. The molecule has 0 saturated carbocycles. The smallest absolute Gasteiger partial charge is 0.225 e. The molecule has 0 spiro atoms. The number of amides is 1. The van der Waals surface area contributed by atoms with Gasteiger partial charge in [0, 0.05) is 37.3 Å². The molecule has 0 aliphatic carbocycles. The minimum atomic E-state index is 0.137. The molecule has 1 fully saturated rings. The summed E-state index contributed by atoms with van der Waals surface area (Å²) in [5.41, 5.74) is 5.05. The highest BCUT2D eigenvalue weighted by Crippen LogP contribution is 2.32. The number of rotatable bonds is 6. The van der Waals surface area contributed by atoms with E-state index >= 15 is 0 Å². The number of halogens is 2. The van der Waals surface area contributed by atoms with E-state index < -0.39 is 0 Å². The van der Waals surface area contributed by atoms with Crippen LogP contribution < -0.4 is 5.32 Å². The Morgan fingerprint density at radius 1 is 1.11 bits per heavy atom. The molecule has 144 valence electrons. The molecular weight excluding hydrogens is 399 g/mol. The van der Waals surface area contributed by atoms with Crippen LogP contribution in [0, 0.1) is 19.8 Å². The molecule has 0 atom stereocenters. The van der Waals surface area contributed by atoms with E-state index in [0.29, 0.717) is 10.0 Å². The van der Waals surface area contributed by atoms with E-state index in [1.54, 1.807) is 7.05 Å². The number of aryl methyl sites for hydroxylation is 2. The lowest BCUT2D eigenvalue weighted by molar-refractivity contribution is -0.129. The summed E-state index contributed by atoms with van der Waals surface area (Å²) in [5, 5.41) is 3.92. The first-order valence-corrected chi connectivity index (χ1v) is 10.7. The Hall–Kier alpha value is -1.20. The first-order valence-electron chi connectivity index (χ1n) is 8.98. The third-order valence-corrected chi connectivity index (χ3v) is 7.02. The molecule has 6 heteroatoms. The summed E-state index contributed by atoms with van der Waals surface area (Å²) in [7, 11) is 1.70. The second-order valence-corrected chi connectivity index (χ2v) is 8.90. The predicted octanol–water partition coefficient (Wildman–Crippen LogP) is 5.08. The molecule has 1 N–H and O–H groups in total. The average molecular weight is 423 g/mol. The topological polar surface area (TPSA) is 32.3 Å². The number of thioether (sulfide) groups is 1. The van der Waals surface area contributed by atoms with Crippen molar-refractivity contribution in [3.05, 3.63) is 62.6 Å². The van der Waals surface area contributed by atoms with Gasteiger partial charge in [-0.25, -0.2) is 0 Å². The van der Waals surface area contributed by atoms with Gasteiger partial charge < -0.3 is 5.32 Å². The van der Waals surface area contributed by atoms with Crippen LogP contribution in [0.2, 0.25) is 10.0 Å². The largest absolute Gasteiger partial charge is 0.359 e. The molecule has 0 bridgehead atoms. The monoisotopic (exact) mass is 422 g/mol. The van der Waals surface area contributed by atoms with Gasteiger partial charge in [-0.2, -0.15) is 0 Å². The second-order valence-electron chi connectivity index (χ2n) is 7.10. The molecule has 27 heavy (non-hydrogen) atoms. The summed E-state index contributed by atoms with van der Waals surface area (Å²) in [6, 6.07) is 10.3. The number of hydrogen-bond acceptors (Lipinski definition) is 3. The van der Waals surface area contributed by atoms with Crippen molar-refractivity contribution in [3.8, 4) is 0 Å². The van der Waals surface area contributed by atoms with E-state index in [1.165, 1.54) is 21.6 Å². The molecule has 0 radical (unpaired) electrons. The fourth-order valence-electron chi connectivity index (χ4n) is 3.47. The van der Waals surface area contributed by atoms with Crippen molar-refractivity contribution in [2.24, 2.45) is 5.92 Å². The van der Waals surface area contributed by atoms with Crippen molar-refractivity contribution in [2.45, 2.75) is 31.0 Å². The van der Waals surface area contributed by atoms with Gasteiger partial charge in [0.1, 0.15) is 0 Å². The van der Waals surface area contributed by atoms with Gasteiger partial charge in [0.2, 0.25) is 5.91 Å². The van der Waals surface area contributed by atoms with Gasteiger partial charge in [-0.05, 0) is 48.2 Å². The fraction of sp³-hybridized carbons (Fsp3) is 0.381. The SMILES string of the molecule is CNC(=O)C1CN(Cc2cc(C)c(SCc3ccc(Cl)c(Cl)c3)c(C)c2)C1. The molecule has 1 aliphatic heterocycles. The summed E-state index contributed by atoms with van der Waals surface area (Å²) in [4.78, 5) is 15.2. The predicted molar refractivity (Wildman–Crippen MR) is 115 cm³/mol. The molecule has 1 amide bonds. The Bertz CT molecular complexity index is 827. The van der Waals surface area contributed by atoms with Crippen LogP contribution in [0.3, 0.4) is 0 Å². The number of nitrogens with zero attached hydrogens (tertiary/aromatic N) is 1. The Kier molecular flexibility index (Phi) is 6.74. The molecule has 2 aromatic carbocycles. The van der Waals surface area contributed by atoms with Crippen molar-refractivity contribution in [1.29, 1.82) is 0 Å². The molecule has 3 rings (SSSR count). The number of benzene rings is 2. The molecule has 2 aromatic rings. The summed E-state index contributed by atoms with van der Waals surface area (Å²) in [6.07, 6.45) is 0. The molecule has 1 saturated heterocycles. The van der Waals surface area contributed by atoms with Crippen LogP contribution in [0.15, 0.2) is 35.2 Å². The highest BCUT2D eigenvalue weighted by Gasteiger charge is 2.31. The number of carbonyl (C=O) groups is 1. The van der Waals surface area contributed by atoms with Crippen LogP contribution in [0.4, 0.5) is 0 Å². The van der Waals surface area contributed by atoms with Crippen molar-refractivity contribution in [3.63, 3.8) is 0 Å². The maximum absolute atomic E-state index is 11.6. The minimum absolute atomic E-state index is 0.137. The average Bonchev–Trinajstić information content (AvgIpc) is 2.59. The molecule has 0 unspecified atom stereocenters. The third-order valence-electron chi connectivity index (χ3n) is 4.87. The van der Waals surface area contributed by atoms with E-state index in [9.17, 15) is 4.79 Å². The van der Waals surface area contributed by atoms with Gasteiger partial charge in [0.15, 0.2) is 0 Å². The van der Waals surface area contributed by atoms with E-state index in [2.05, 4.69) is 36.2 Å². The number of carbonyl (C=O) groups excluding carboxylic acids is 1. The minimum Gasteiger partial charge on any atom is -0.359 e. The summed E-state index contributed by atoms with van der Waals surface area (Å²) < 4.78 is 0. The van der Waals surface area contributed by atoms with Gasteiger partial charge in [0.05, 0.1) is 16.0 Å². The van der Waals surface area contributed by atoms with Crippen molar-refractivity contribution in [2.75, 3.05) is 20.1 Å². The molecule has 1 heterocycles. The van der Waals surface area contributed by atoms with Gasteiger partial charge in [0.25, 0.3) is 0 Å². The van der Waals surface area contributed by atoms with Crippen LogP contribution in [0.1, 0.15) is 22.3 Å². The Morgan fingerprint density at radius 2 is 1.78 bits per heavy atom. The van der Waals surface area contributed by atoms with Gasteiger partial charge in [-0.1, -0.05) is 41.4 Å². The maximum atomic E-state index is 11.6. The van der Waals surface area contributed by atoms with Crippen LogP contribution in [-0.2, 0) is 17.1 Å². The van der Waals surface area contributed by atoms with E-state index in [-0.39, 0.29) is 11.8 Å². The Labute approximate surface area is 175 Å². The fourth-order valence-corrected chi connectivity index (χ4v) is 4.86. The summed E-state index contributed by atoms with van der Waals surface area (Å²) >= 11 is 13.9. The molecular formula is C21H24Cl2N2OS. The Morgan fingerprint density at radius 3 is 2.37 bits per heavy atom. The van der Waals surface area contributed by atoms with Crippen molar-refractivity contribution < 1.29 is 4.79 Å². The van der Waals surface area contributed by atoms with E-state index in [0.717, 1.165) is 31.0 Å². The van der Waals surface area contributed by atoms with E-state index in [1.807, 2.05) is 30.0 Å². The van der Waals surface area contributed by atoms with Gasteiger partial charge >= 0.3 is 0 Å². The maximum Gasteiger partial charge on any atom is 0.225 e. The summed E-state index contributed by atoms with van der Waals surface area (Å²) in [6.45, 7) is 6.90. The normalized spacial score (nSPS) is 14.9. The second kappa shape index (κ2) is 8.87. The van der Waals surface area contributed by atoms with Crippen LogP contribution in [0.25, 0.3) is 0 Å². The molecule has 3 nitrogen and oxygen atoms in total. The zero-order chi connectivity index (χ0) is 19.6. The van der Waals surface area contributed by atoms with Crippen LogP contribution in [0.5, 0.6) is 0 Å².